The van der Waals surface area contributed by atoms with E-state index in [-0.39, 0.29) is 12.5 Å². The number of aryl methyl sites for hydroxylation is 1. The average molecular weight is 519 g/mol. The van der Waals surface area contributed by atoms with Gasteiger partial charge in [0, 0.05) is 4.47 Å². The van der Waals surface area contributed by atoms with Gasteiger partial charge in [-0.3, -0.25) is 4.79 Å². The van der Waals surface area contributed by atoms with Gasteiger partial charge < -0.3 is 4.74 Å². The number of benzene rings is 2. The lowest BCUT2D eigenvalue weighted by molar-refractivity contribution is -0.123. The van der Waals surface area contributed by atoms with Gasteiger partial charge >= 0.3 is 0 Å². The Balaban J connectivity index is 1.94. The van der Waals surface area contributed by atoms with Crippen LogP contribution in [0.25, 0.3) is 0 Å². The van der Waals surface area contributed by atoms with Crippen LogP contribution in [0.1, 0.15) is 18.1 Å². The number of halogens is 3. The number of nitrogens with one attached hydrogen (secondary N) is 1. The second-order valence-corrected chi connectivity index (χ2v) is 7.71. The minimum atomic E-state index is -0.328. The standard InChI is InChI=1S/C17H15Br3N2O2/c1-10-7-14(19)17(15(20)8-10)24-9-16(23)22-21-11(2)12-3-5-13(18)6-4-12/h3-8H,9H2,1-2H3,(H,22,23)/b21-11+. The van der Waals surface area contributed by atoms with Crippen LogP contribution in [0.15, 0.2) is 54.9 Å². The molecule has 2 aromatic carbocycles. The number of hydrazone groups is 1. The molecule has 0 saturated heterocycles. The highest BCUT2D eigenvalue weighted by molar-refractivity contribution is 9.11. The van der Waals surface area contributed by atoms with Crippen LogP contribution in [0.2, 0.25) is 0 Å². The Hall–Kier alpha value is -1.18. The van der Waals surface area contributed by atoms with Gasteiger partial charge in [-0.2, -0.15) is 5.10 Å². The van der Waals surface area contributed by atoms with E-state index in [9.17, 15) is 4.79 Å². The third-order valence-electron chi connectivity index (χ3n) is 3.10. The first-order chi connectivity index (χ1) is 11.4. The fraction of sp³-hybridized carbons (Fsp3) is 0.176. The summed E-state index contributed by atoms with van der Waals surface area (Å²) in [6.07, 6.45) is 0. The Bertz CT molecular complexity index is 751. The van der Waals surface area contributed by atoms with Crippen molar-refractivity contribution in [3.63, 3.8) is 0 Å². The molecular weight excluding hydrogens is 504 g/mol. The van der Waals surface area contributed by atoms with E-state index in [0.29, 0.717) is 11.5 Å². The highest BCUT2D eigenvalue weighted by Crippen LogP contribution is 2.34. The van der Waals surface area contributed by atoms with Gasteiger partial charge in [-0.1, -0.05) is 28.1 Å². The van der Waals surface area contributed by atoms with Gasteiger partial charge in [-0.05, 0) is 81.1 Å². The summed E-state index contributed by atoms with van der Waals surface area (Å²) in [5.41, 5.74) is 5.23. The van der Waals surface area contributed by atoms with E-state index in [1.807, 2.05) is 50.2 Å². The van der Waals surface area contributed by atoms with Crippen LogP contribution in [0.4, 0.5) is 0 Å². The molecule has 1 N–H and O–H groups in total. The molecule has 4 nitrogen and oxygen atoms in total. The molecule has 7 heteroatoms. The monoisotopic (exact) mass is 516 g/mol. The number of amides is 1. The number of hydrogen-bond donors (Lipinski definition) is 1. The van der Waals surface area contributed by atoms with Gasteiger partial charge in [0.1, 0.15) is 5.75 Å². The van der Waals surface area contributed by atoms with Gasteiger partial charge in [0.05, 0.1) is 14.7 Å². The summed E-state index contributed by atoms with van der Waals surface area (Å²) in [6, 6.07) is 11.5. The van der Waals surface area contributed by atoms with Crippen LogP contribution in [0.5, 0.6) is 5.75 Å². The van der Waals surface area contributed by atoms with Crippen molar-refractivity contribution in [2.45, 2.75) is 13.8 Å². The molecular formula is C17H15Br3N2O2. The maximum Gasteiger partial charge on any atom is 0.277 e. The van der Waals surface area contributed by atoms with E-state index < -0.39 is 0 Å². The highest BCUT2D eigenvalue weighted by Gasteiger charge is 2.10. The minimum absolute atomic E-state index is 0.128. The molecule has 0 heterocycles. The summed E-state index contributed by atoms with van der Waals surface area (Å²) in [5.74, 6) is 0.259. The predicted octanol–water partition coefficient (Wildman–Crippen LogP) is 5.20. The van der Waals surface area contributed by atoms with Crippen LogP contribution in [0.3, 0.4) is 0 Å². The van der Waals surface area contributed by atoms with Crippen LogP contribution >= 0.6 is 47.8 Å². The molecule has 0 fully saturated rings. The molecule has 0 unspecified atom stereocenters. The van der Waals surface area contributed by atoms with Crippen LogP contribution in [-0.2, 0) is 4.79 Å². The van der Waals surface area contributed by atoms with Gasteiger partial charge in [0.2, 0.25) is 0 Å². The zero-order valence-corrected chi connectivity index (χ0v) is 17.8. The minimum Gasteiger partial charge on any atom is -0.481 e. The second kappa shape index (κ2) is 8.78. The van der Waals surface area contributed by atoms with Gasteiger partial charge in [-0.15, -0.1) is 0 Å². The largest absolute Gasteiger partial charge is 0.481 e. The normalized spacial score (nSPS) is 11.3. The Morgan fingerprint density at radius 2 is 1.71 bits per heavy atom. The van der Waals surface area contributed by atoms with E-state index in [1.165, 1.54) is 0 Å². The highest BCUT2D eigenvalue weighted by atomic mass is 79.9. The molecule has 0 aliphatic heterocycles. The molecule has 0 radical (unpaired) electrons. The van der Waals surface area contributed by atoms with Crippen molar-refractivity contribution >= 4 is 59.4 Å². The van der Waals surface area contributed by atoms with Crippen molar-refractivity contribution < 1.29 is 9.53 Å². The number of nitrogens with zero attached hydrogens (tertiary/aromatic N) is 1. The van der Waals surface area contributed by atoms with Crippen LogP contribution in [0, 0.1) is 6.92 Å². The molecule has 0 spiro atoms. The number of carbonyl (C=O) groups is 1. The molecule has 0 atom stereocenters. The lowest BCUT2D eigenvalue weighted by Gasteiger charge is -2.10. The molecule has 0 aromatic heterocycles. The third-order valence-corrected chi connectivity index (χ3v) is 4.81. The quantitative estimate of drug-likeness (QED) is 0.437. The Morgan fingerprint density at radius 3 is 2.29 bits per heavy atom. The SMILES string of the molecule is C/C(=N\NC(=O)COc1c(Br)cc(C)cc1Br)c1ccc(Br)cc1. The van der Waals surface area contributed by atoms with Crippen molar-refractivity contribution in [1.29, 1.82) is 0 Å². The van der Waals surface area contributed by atoms with E-state index in [2.05, 4.69) is 58.3 Å². The molecule has 24 heavy (non-hydrogen) atoms. The number of ether oxygens (including phenoxy) is 1. The van der Waals surface area contributed by atoms with Crippen molar-refractivity contribution in [2.75, 3.05) is 6.61 Å². The molecule has 1 amide bonds. The summed E-state index contributed by atoms with van der Waals surface area (Å²) in [4.78, 5) is 11.9. The number of hydrogen-bond acceptors (Lipinski definition) is 3. The molecule has 2 rings (SSSR count). The first-order valence-corrected chi connectivity index (χ1v) is 9.42. The molecule has 126 valence electrons. The average Bonchev–Trinajstić information content (AvgIpc) is 2.52. The summed E-state index contributed by atoms with van der Waals surface area (Å²) < 4.78 is 8.13. The molecule has 0 aliphatic carbocycles. The summed E-state index contributed by atoms with van der Waals surface area (Å²) >= 11 is 10.2. The maximum atomic E-state index is 11.9. The van der Waals surface area contributed by atoms with E-state index in [1.54, 1.807) is 0 Å². The first-order valence-electron chi connectivity index (χ1n) is 7.04. The molecule has 0 bridgehead atoms. The zero-order valence-electron chi connectivity index (χ0n) is 13.1. The predicted molar refractivity (Wildman–Crippen MR) is 107 cm³/mol. The lowest BCUT2D eigenvalue weighted by Crippen LogP contribution is -2.25. The molecule has 0 saturated carbocycles. The smallest absolute Gasteiger partial charge is 0.277 e. The number of carbonyl (C=O) groups excluding carboxylic acids is 1. The van der Waals surface area contributed by atoms with Crippen molar-refractivity contribution in [3.8, 4) is 5.75 Å². The Kier molecular flexibility index (Phi) is 7.01. The molecule has 2 aromatic rings. The lowest BCUT2D eigenvalue weighted by atomic mass is 10.1. The van der Waals surface area contributed by atoms with Crippen molar-refractivity contribution in [1.82, 2.24) is 5.43 Å². The van der Waals surface area contributed by atoms with E-state index in [0.717, 1.165) is 24.5 Å². The zero-order chi connectivity index (χ0) is 17.7. The summed E-state index contributed by atoms with van der Waals surface area (Å²) in [6.45, 7) is 3.68. The van der Waals surface area contributed by atoms with Gasteiger partial charge in [0.15, 0.2) is 6.61 Å². The second-order valence-electron chi connectivity index (χ2n) is 5.09. The Labute approximate surface area is 166 Å². The Morgan fingerprint density at radius 1 is 1.12 bits per heavy atom. The first kappa shape index (κ1) is 19.1. The fourth-order valence-electron chi connectivity index (χ4n) is 1.90. The number of rotatable bonds is 5. The van der Waals surface area contributed by atoms with Gasteiger partial charge in [-0.25, -0.2) is 5.43 Å². The van der Waals surface area contributed by atoms with Crippen LogP contribution in [-0.4, -0.2) is 18.2 Å². The maximum absolute atomic E-state index is 11.9. The van der Waals surface area contributed by atoms with Crippen molar-refractivity contribution in [3.05, 3.63) is 60.9 Å². The molecule has 0 aliphatic rings. The third kappa shape index (κ3) is 5.43. The fourth-order valence-corrected chi connectivity index (χ4v) is 3.80. The van der Waals surface area contributed by atoms with E-state index >= 15 is 0 Å². The van der Waals surface area contributed by atoms with Crippen molar-refractivity contribution in [2.24, 2.45) is 5.10 Å². The van der Waals surface area contributed by atoms with E-state index in [4.69, 9.17) is 4.74 Å². The summed E-state index contributed by atoms with van der Waals surface area (Å²) in [7, 11) is 0. The topological polar surface area (TPSA) is 50.7 Å². The van der Waals surface area contributed by atoms with Crippen LogP contribution < -0.4 is 10.2 Å². The van der Waals surface area contributed by atoms with Gasteiger partial charge in [0.25, 0.3) is 5.91 Å². The summed E-state index contributed by atoms with van der Waals surface area (Å²) in [5, 5.41) is 4.09.